The van der Waals surface area contributed by atoms with E-state index in [1.54, 1.807) is 0 Å². The van der Waals surface area contributed by atoms with Gasteiger partial charge < -0.3 is 15.7 Å². The maximum Gasteiger partial charge on any atom is 0.315 e. The molecule has 1 atom stereocenters. The summed E-state index contributed by atoms with van der Waals surface area (Å²) in [5.74, 6) is 0.673. The topological polar surface area (TPSA) is 61.4 Å². The second kappa shape index (κ2) is 6.24. The van der Waals surface area contributed by atoms with Crippen LogP contribution >= 0.6 is 0 Å². The predicted molar refractivity (Wildman–Crippen MR) is 68.8 cm³/mol. The molecular formula is C13H26N2O2. The van der Waals surface area contributed by atoms with E-state index in [2.05, 4.69) is 24.5 Å². The Balaban J connectivity index is 2.11. The number of aliphatic hydroxyl groups excluding tert-OH is 1. The minimum absolute atomic E-state index is 0.0154. The number of amides is 2. The fourth-order valence-electron chi connectivity index (χ4n) is 1.77. The number of aliphatic hydroxyl groups is 1. The van der Waals surface area contributed by atoms with Gasteiger partial charge in [0, 0.05) is 18.0 Å². The van der Waals surface area contributed by atoms with Gasteiger partial charge in [-0.25, -0.2) is 4.79 Å². The monoisotopic (exact) mass is 242 g/mol. The molecule has 0 bridgehead atoms. The van der Waals surface area contributed by atoms with E-state index in [9.17, 15) is 4.79 Å². The lowest BCUT2D eigenvalue weighted by Crippen LogP contribution is -2.43. The summed E-state index contributed by atoms with van der Waals surface area (Å²) in [7, 11) is 0. The Morgan fingerprint density at radius 2 is 1.94 bits per heavy atom. The quantitative estimate of drug-likeness (QED) is 0.638. The molecule has 2 amide bonds. The summed E-state index contributed by atoms with van der Waals surface area (Å²) in [6.07, 6.45) is 4.18. The Labute approximate surface area is 104 Å². The largest absolute Gasteiger partial charge is 0.396 e. The van der Waals surface area contributed by atoms with E-state index in [0.717, 1.165) is 25.7 Å². The molecule has 1 saturated carbocycles. The van der Waals surface area contributed by atoms with Crippen molar-refractivity contribution in [3.05, 3.63) is 0 Å². The highest BCUT2D eigenvalue weighted by Crippen LogP contribution is 2.44. The third-order valence-corrected chi connectivity index (χ3v) is 3.47. The summed E-state index contributed by atoms with van der Waals surface area (Å²) in [5, 5.41) is 14.9. The second-order valence-electron chi connectivity index (χ2n) is 5.86. The van der Waals surface area contributed by atoms with Gasteiger partial charge in [0.05, 0.1) is 6.61 Å². The van der Waals surface area contributed by atoms with E-state index < -0.39 is 0 Å². The summed E-state index contributed by atoms with van der Waals surface area (Å²) < 4.78 is 0. The predicted octanol–water partition coefficient (Wildman–Crippen LogP) is 1.88. The Morgan fingerprint density at radius 1 is 1.29 bits per heavy atom. The lowest BCUT2D eigenvalue weighted by atomic mass is 10.0. The molecule has 1 rings (SSSR count). The van der Waals surface area contributed by atoms with Crippen molar-refractivity contribution in [1.82, 2.24) is 10.6 Å². The van der Waals surface area contributed by atoms with Gasteiger partial charge in [-0.15, -0.1) is 0 Å². The van der Waals surface area contributed by atoms with E-state index in [1.807, 2.05) is 6.92 Å². The van der Waals surface area contributed by atoms with Crippen LogP contribution in [-0.4, -0.2) is 30.3 Å². The van der Waals surface area contributed by atoms with E-state index >= 15 is 0 Å². The molecule has 0 spiro atoms. The summed E-state index contributed by atoms with van der Waals surface area (Å²) in [6, 6.07) is 0.0997. The molecule has 4 nitrogen and oxygen atoms in total. The Kier molecular flexibility index (Phi) is 5.25. The van der Waals surface area contributed by atoms with Crippen molar-refractivity contribution < 1.29 is 9.90 Å². The number of carbonyl (C=O) groups excluding carboxylic acids is 1. The van der Waals surface area contributed by atoms with Crippen molar-refractivity contribution in [1.29, 1.82) is 0 Å². The van der Waals surface area contributed by atoms with Gasteiger partial charge in [-0.05, 0) is 38.5 Å². The zero-order chi connectivity index (χ0) is 12.9. The molecule has 0 saturated heterocycles. The second-order valence-corrected chi connectivity index (χ2v) is 5.86. The van der Waals surface area contributed by atoms with Crippen molar-refractivity contribution in [3.8, 4) is 0 Å². The first-order valence-corrected chi connectivity index (χ1v) is 6.63. The van der Waals surface area contributed by atoms with Crippen LogP contribution in [0.5, 0.6) is 0 Å². The molecule has 0 radical (unpaired) electrons. The number of hydrogen-bond donors (Lipinski definition) is 3. The lowest BCUT2D eigenvalue weighted by molar-refractivity contribution is 0.202. The molecule has 4 heteroatoms. The van der Waals surface area contributed by atoms with Crippen LogP contribution in [0.25, 0.3) is 0 Å². The summed E-state index contributed by atoms with van der Waals surface area (Å²) in [5.41, 5.74) is -0.0154. The van der Waals surface area contributed by atoms with Crippen LogP contribution in [0.3, 0.4) is 0 Å². The average molecular weight is 242 g/mol. The summed E-state index contributed by atoms with van der Waals surface area (Å²) in [4.78, 5) is 11.6. The minimum Gasteiger partial charge on any atom is -0.396 e. The maximum atomic E-state index is 11.6. The first-order chi connectivity index (χ1) is 7.97. The molecule has 0 aromatic heterocycles. The number of hydrogen-bond acceptors (Lipinski definition) is 2. The first-order valence-electron chi connectivity index (χ1n) is 6.63. The summed E-state index contributed by atoms with van der Waals surface area (Å²) >= 11 is 0. The number of urea groups is 1. The van der Waals surface area contributed by atoms with Gasteiger partial charge >= 0.3 is 6.03 Å². The molecule has 1 fully saturated rings. The van der Waals surface area contributed by atoms with Crippen molar-refractivity contribution in [2.24, 2.45) is 11.3 Å². The van der Waals surface area contributed by atoms with E-state index in [1.165, 1.54) is 0 Å². The average Bonchev–Trinajstić information content (AvgIpc) is 3.04. The van der Waals surface area contributed by atoms with Gasteiger partial charge in [-0.1, -0.05) is 13.8 Å². The lowest BCUT2D eigenvalue weighted by Gasteiger charge is -2.17. The van der Waals surface area contributed by atoms with Gasteiger partial charge in [0.25, 0.3) is 0 Å². The molecule has 1 aliphatic rings. The van der Waals surface area contributed by atoms with E-state index in [-0.39, 0.29) is 24.1 Å². The molecule has 0 aromatic rings. The van der Waals surface area contributed by atoms with Gasteiger partial charge in [0.2, 0.25) is 0 Å². The van der Waals surface area contributed by atoms with Crippen molar-refractivity contribution in [2.45, 2.75) is 52.5 Å². The van der Waals surface area contributed by atoms with Crippen LogP contribution < -0.4 is 10.6 Å². The van der Waals surface area contributed by atoms with E-state index in [0.29, 0.717) is 12.5 Å². The zero-order valence-electron chi connectivity index (χ0n) is 11.3. The fraction of sp³-hybridized carbons (Fsp3) is 0.923. The molecule has 1 aliphatic carbocycles. The Morgan fingerprint density at radius 3 is 2.41 bits per heavy atom. The molecule has 1 unspecified atom stereocenters. The molecule has 17 heavy (non-hydrogen) atoms. The third kappa shape index (κ3) is 5.39. The highest BCUT2D eigenvalue weighted by Gasteiger charge is 2.42. The van der Waals surface area contributed by atoms with Crippen molar-refractivity contribution in [3.63, 3.8) is 0 Å². The van der Waals surface area contributed by atoms with Crippen LogP contribution in [0.1, 0.15) is 46.5 Å². The van der Waals surface area contributed by atoms with Gasteiger partial charge in [0.15, 0.2) is 0 Å². The number of rotatable bonds is 7. The van der Waals surface area contributed by atoms with Crippen LogP contribution in [-0.2, 0) is 0 Å². The number of nitrogens with one attached hydrogen (secondary N) is 2. The van der Waals surface area contributed by atoms with Gasteiger partial charge in [-0.3, -0.25) is 0 Å². The van der Waals surface area contributed by atoms with Gasteiger partial charge in [-0.2, -0.15) is 0 Å². The molecule has 0 heterocycles. The van der Waals surface area contributed by atoms with Crippen molar-refractivity contribution >= 4 is 6.03 Å². The van der Waals surface area contributed by atoms with Crippen LogP contribution in [0, 0.1) is 11.3 Å². The zero-order valence-corrected chi connectivity index (χ0v) is 11.3. The molecule has 3 N–H and O–H groups in total. The first kappa shape index (κ1) is 14.3. The Bertz CT molecular complexity index is 250. The standard InChI is InChI=1S/C13H26N2O2/c1-10(2)4-5-11(3)15-12(17)14-8-13(9-16)6-7-13/h10-11,16H,4-9H2,1-3H3,(H2,14,15,17). The normalized spacial score (nSPS) is 18.9. The van der Waals surface area contributed by atoms with Gasteiger partial charge in [0.1, 0.15) is 0 Å². The smallest absolute Gasteiger partial charge is 0.315 e. The summed E-state index contributed by atoms with van der Waals surface area (Å²) in [6.45, 7) is 7.17. The third-order valence-electron chi connectivity index (χ3n) is 3.47. The highest BCUT2D eigenvalue weighted by molar-refractivity contribution is 5.74. The maximum absolute atomic E-state index is 11.6. The molecular weight excluding hydrogens is 216 g/mol. The van der Waals surface area contributed by atoms with Crippen molar-refractivity contribution in [2.75, 3.05) is 13.2 Å². The highest BCUT2D eigenvalue weighted by atomic mass is 16.3. The van der Waals surface area contributed by atoms with Crippen LogP contribution in [0.15, 0.2) is 0 Å². The fourth-order valence-corrected chi connectivity index (χ4v) is 1.77. The molecule has 0 aliphatic heterocycles. The Hall–Kier alpha value is -0.770. The number of carbonyl (C=O) groups is 1. The molecule has 0 aromatic carbocycles. The minimum atomic E-state index is -0.110. The van der Waals surface area contributed by atoms with E-state index in [4.69, 9.17) is 5.11 Å². The van der Waals surface area contributed by atoms with Crippen LogP contribution in [0.4, 0.5) is 4.79 Å². The van der Waals surface area contributed by atoms with Crippen LogP contribution in [0.2, 0.25) is 0 Å². The molecule has 100 valence electrons. The SMILES string of the molecule is CC(C)CCC(C)NC(=O)NCC1(CO)CC1.